The van der Waals surface area contributed by atoms with Gasteiger partial charge in [-0.05, 0) is 53.6 Å². The number of aryl methyl sites for hydroxylation is 1. The van der Waals surface area contributed by atoms with Crippen LogP contribution in [0.5, 0.6) is 0 Å². The fraction of sp³-hybridized carbons (Fsp3) is 0.250. The van der Waals surface area contributed by atoms with Crippen LogP contribution in [0.25, 0.3) is 5.57 Å². The van der Waals surface area contributed by atoms with Gasteiger partial charge in [-0.2, -0.15) is 4.98 Å². The summed E-state index contributed by atoms with van der Waals surface area (Å²) in [6, 6.07) is 8.60. The topological polar surface area (TPSA) is 51.0 Å². The van der Waals surface area contributed by atoms with Crippen LogP contribution >= 0.6 is 11.3 Å². The summed E-state index contributed by atoms with van der Waals surface area (Å²) >= 11 is 1.63. The zero-order valence-corrected chi connectivity index (χ0v) is 15.7. The monoisotopic (exact) mass is 382 g/mol. The van der Waals surface area contributed by atoms with Crippen LogP contribution in [0.3, 0.4) is 0 Å². The molecule has 3 aromatic rings. The Balaban J connectivity index is 1.47. The van der Waals surface area contributed by atoms with Crippen LogP contribution < -0.4 is 10.6 Å². The average molecular weight is 382 g/mol. The molecule has 0 radical (unpaired) electrons. The van der Waals surface area contributed by atoms with E-state index in [1.54, 1.807) is 29.8 Å². The largest absolute Gasteiger partial charge is 0.352 e. The van der Waals surface area contributed by atoms with Gasteiger partial charge < -0.3 is 4.90 Å². The predicted molar refractivity (Wildman–Crippen MR) is 106 cm³/mol. The number of benzene rings is 1. The molecule has 3 heterocycles. The Morgan fingerprint density at radius 1 is 1.26 bits per heavy atom. The number of rotatable bonds is 4. The molecule has 0 amide bonds. The summed E-state index contributed by atoms with van der Waals surface area (Å²) in [4.78, 5) is 24.0. The summed E-state index contributed by atoms with van der Waals surface area (Å²) in [7, 11) is 0. The third kappa shape index (κ3) is 3.98. The molecule has 2 aromatic heterocycles. The maximum absolute atomic E-state index is 13.1. The van der Waals surface area contributed by atoms with E-state index in [4.69, 9.17) is 0 Å². The van der Waals surface area contributed by atoms with Gasteiger partial charge in [-0.3, -0.25) is 4.57 Å². The van der Waals surface area contributed by atoms with Gasteiger partial charge in [0, 0.05) is 18.0 Å². The number of aromatic nitrogens is 3. The standard InChI is InChI=1S/C20H19FN4OS/c1-14-10-18(27-12-14)11-25-13-22-19(23-20(25)26)24-8-6-16(7-9-24)15-2-4-17(21)5-3-15/h2-6,10,12-13H,7-9,11H2,1H3. The van der Waals surface area contributed by atoms with Gasteiger partial charge in [-0.25, -0.2) is 14.2 Å². The molecule has 0 N–H and O–H groups in total. The van der Waals surface area contributed by atoms with Crippen molar-refractivity contribution < 1.29 is 4.39 Å². The van der Waals surface area contributed by atoms with Crippen LogP contribution in [0, 0.1) is 12.7 Å². The molecule has 0 saturated heterocycles. The van der Waals surface area contributed by atoms with Gasteiger partial charge >= 0.3 is 5.69 Å². The van der Waals surface area contributed by atoms with E-state index in [2.05, 4.69) is 27.5 Å². The highest BCUT2D eigenvalue weighted by Gasteiger charge is 2.16. The van der Waals surface area contributed by atoms with Crippen molar-refractivity contribution >= 4 is 22.9 Å². The summed E-state index contributed by atoms with van der Waals surface area (Å²) in [6.45, 7) is 3.87. The highest BCUT2D eigenvalue weighted by Crippen LogP contribution is 2.24. The number of hydrogen-bond donors (Lipinski definition) is 0. The number of nitrogens with zero attached hydrogens (tertiary/aromatic N) is 4. The summed E-state index contributed by atoms with van der Waals surface area (Å²) in [5, 5.41) is 2.06. The normalized spacial score (nSPS) is 14.3. The lowest BCUT2D eigenvalue weighted by Crippen LogP contribution is -2.33. The van der Waals surface area contributed by atoms with Crippen molar-refractivity contribution in [2.45, 2.75) is 19.9 Å². The number of thiophene rings is 1. The zero-order valence-electron chi connectivity index (χ0n) is 14.9. The molecule has 27 heavy (non-hydrogen) atoms. The Labute approximate surface area is 160 Å². The van der Waals surface area contributed by atoms with Crippen LogP contribution in [0.4, 0.5) is 10.3 Å². The zero-order chi connectivity index (χ0) is 18.8. The fourth-order valence-corrected chi connectivity index (χ4v) is 4.00. The van der Waals surface area contributed by atoms with Crippen molar-refractivity contribution in [2.75, 3.05) is 18.0 Å². The Kier molecular flexibility index (Phi) is 4.85. The Morgan fingerprint density at radius 3 is 2.70 bits per heavy atom. The Morgan fingerprint density at radius 2 is 2.07 bits per heavy atom. The first kappa shape index (κ1) is 17.6. The van der Waals surface area contributed by atoms with Gasteiger partial charge in [0.15, 0.2) is 0 Å². The Hall–Kier alpha value is -2.80. The smallest absolute Gasteiger partial charge is 0.337 e. The molecule has 0 spiro atoms. The van der Waals surface area contributed by atoms with Crippen molar-refractivity contribution in [2.24, 2.45) is 0 Å². The van der Waals surface area contributed by atoms with E-state index in [0.29, 0.717) is 19.0 Å². The number of hydrogen-bond acceptors (Lipinski definition) is 5. The van der Waals surface area contributed by atoms with Gasteiger partial charge in [0.05, 0.1) is 6.54 Å². The molecule has 138 valence electrons. The summed E-state index contributed by atoms with van der Waals surface area (Å²) in [6.07, 6.45) is 4.45. The molecule has 0 unspecified atom stereocenters. The summed E-state index contributed by atoms with van der Waals surface area (Å²) in [5.74, 6) is 0.219. The molecule has 0 bridgehead atoms. The second-order valence-corrected chi connectivity index (χ2v) is 7.59. The summed E-state index contributed by atoms with van der Waals surface area (Å²) < 4.78 is 14.6. The number of halogens is 1. The van der Waals surface area contributed by atoms with Crippen molar-refractivity contribution in [3.63, 3.8) is 0 Å². The van der Waals surface area contributed by atoms with Crippen LogP contribution in [-0.4, -0.2) is 27.6 Å². The molecule has 7 heteroatoms. The van der Waals surface area contributed by atoms with E-state index in [0.717, 1.165) is 23.4 Å². The average Bonchev–Trinajstić information content (AvgIpc) is 3.09. The van der Waals surface area contributed by atoms with Crippen molar-refractivity contribution in [1.82, 2.24) is 14.5 Å². The molecule has 1 aromatic carbocycles. The highest BCUT2D eigenvalue weighted by molar-refractivity contribution is 7.10. The molecule has 1 aliphatic heterocycles. The van der Waals surface area contributed by atoms with E-state index in [-0.39, 0.29) is 11.5 Å². The molecule has 5 nitrogen and oxygen atoms in total. The number of anilines is 1. The molecule has 1 aliphatic rings. The quantitative estimate of drug-likeness (QED) is 0.693. The van der Waals surface area contributed by atoms with Crippen LogP contribution in [-0.2, 0) is 6.54 Å². The van der Waals surface area contributed by atoms with Crippen molar-refractivity contribution in [1.29, 1.82) is 0 Å². The van der Waals surface area contributed by atoms with Crippen LogP contribution in [0.2, 0.25) is 0 Å². The Bertz CT molecular complexity index is 1040. The van der Waals surface area contributed by atoms with Crippen LogP contribution in [0.15, 0.2) is 52.9 Å². The van der Waals surface area contributed by atoms with E-state index in [9.17, 15) is 9.18 Å². The lowest BCUT2D eigenvalue weighted by Gasteiger charge is -2.26. The van der Waals surface area contributed by atoms with Gasteiger partial charge in [-0.1, -0.05) is 18.2 Å². The molecule has 0 fully saturated rings. The first-order chi connectivity index (χ1) is 13.1. The molecule has 4 rings (SSSR count). The minimum Gasteiger partial charge on any atom is -0.337 e. The van der Waals surface area contributed by atoms with E-state index in [1.165, 1.54) is 27.8 Å². The molecular weight excluding hydrogens is 363 g/mol. The highest BCUT2D eigenvalue weighted by atomic mass is 32.1. The minimum absolute atomic E-state index is 0.233. The van der Waals surface area contributed by atoms with Crippen molar-refractivity contribution in [3.05, 3.63) is 80.4 Å². The van der Waals surface area contributed by atoms with Gasteiger partial charge in [-0.15, -0.1) is 11.3 Å². The maximum atomic E-state index is 13.1. The minimum atomic E-state index is -0.292. The lowest BCUT2D eigenvalue weighted by atomic mass is 10.00. The first-order valence-corrected chi connectivity index (χ1v) is 9.64. The van der Waals surface area contributed by atoms with Crippen molar-refractivity contribution in [3.8, 4) is 0 Å². The molecule has 0 atom stereocenters. The van der Waals surface area contributed by atoms with E-state index >= 15 is 0 Å². The third-order valence-electron chi connectivity index (χ3n) is 4.57. The SMILES string of the molecule is Cc1csc(Cn2cnc(N3CC=C(c4ccc(F)cc4)CC3)nc2=O)c1. The van der Waals surface area contributed by atoms with Gasteiger partial charge in [0.25, 0.3) is 0 Å². The lowest BCUT2D eigenvalue weighted by molar-refractivity contribution is 0.627. The first-order valence-electron chi connectivity index (χ1n) is 8.76. The van der Waals surface area contributed by atoms with E-state index in [1.807, 2.05) is 11.8 Å². The second kappa shape index (κ2) is 7.44. The van der Waals surface area contributed by atoms with Gasteiger partial charge in [0.2, 0.25) is 5.95 Å². The van der Waals surface area contributed by atoms with Gasteiger partial charge in [0.1, 0.15) is 12.1 Å². The maximum Gasteiger partial charge on any atom is 0.352 e. The van der Waals surface area contributed by atoms with E-state index < -0.39 is 0 Å². The second-order valence-electron chi connectivity index (χ2n) is 6.59. The summed E-state index contributed by atoms with van der Waals surface area (Å²) in [5.41, 5.74) is 3.10. The van der Waals surface area contributed by atoms with Crippen LogP contribution in [0.1, 0.15) is 22.4 Å². The molecule has 0 aliphatic carbocycles. The fourth-order valence-electron chi connectivity index (χ4n) is 3.13. The molecular formula is C20H19FN4OS. The molecule has 0 saturated carbocycles. The third-order valence-corrected chi connectivity index (χ3v) is 5.61. The predicted octanol–water partition coefficient (Wildman–Crippen LogP) is 3.49.